The van der Waals surface area contributed by atoms with Gasteiger partial charge in [-0.1, -0.05) is 50.9 Å². The SMILES string of the molecule is CCC(Nc1ccc(Br)cc1[N+](=O)[O-])c1ccc(Br)cc1. The molecule has 1 unspecified atom stereocenters. The maximum absolute atomic E-state index is 11.2. The van der Waals surface area contributed by atoms with Crippen LogP contribution < -0.4 is 5.32 Å². The van der Waals surface area contributed by atoms with Crippen molar-refractivity contribution in [3.8, 4) is 0 Å². The molecule has 4 nitrogen and oxygen atoms in total. The highest BCUT2D eigenvalue weighted by molar-refractivity contribution is 9.10. The largest absolute Gasteiger partial charge is 0.373 e. The molecule has 0 aliphatic rings. The van der Waals surface area contributed by atoms with E-state index in [9.17, 15) is 10.1 Å². The van der Waals surface area contributed by atoms with Gasteiger partial charge in [0, 0.05) is 15.0 Å². The highest BCUT2D eigenvalue weighted by atomic mass is 79.9. The van der Waals surface area contributed by atoms with E-state index in [4.69, 9.17) is 0 Å². The number of nitro benzene ring substituents is 1. The fraction of sp³-hybridized carbons (Fsp3) is 0.200. The number of nitro groups is 1. The number of hydrogen-bond donors (Lipinski definition) is 1. The van der Waals surface area contributed by atoms with Gasteiger partial charge < -0.3 is 5.32 Å². The van der Waals surface area contributed by atoms with E-state index in [0.717, 1.165) is 16.5 Å². The van der Waals surface area contributed by atoms with Crippen molar-refractivity contribution in [1.82, 2.24) is 0 Å². The number of benzene rings is 2. The third-order valence-corrected chi connectivity index (χ3v) is 4.19. The van der Waals surface area contributed by atoms with Gasteiger partial charge in [-0.05, 0) is 36.2 Å². The van der Waals surface area contributed by atoms with Gasteiger partial charge >= 0.3 is 0 Å². The Hall–Kier alpha value is -1.40. The Morgan fingerprint density at radius 3 is 2.33 bits per heavy atom. The van der Waals surface area contributed by atoms with E-state index in [0.29, 0.717) is 10.2 Å². The summed E-state index contributed by atoms with van der Waals surface area (Å²) in [6.07, 6.45) is 0.828. The monoisotopic (exact) mass is 412 g/mol. The van der Waals surface area contributed by atoms with E-state index in [1.807, 2.05) is 31.2 Å². The van der Waals surface area contributed by atoms with Crippen molar-refractivity contribution in [3.63, 3.8) is 0 Å². The highest BCUT2D eigenvalue weighted by Crippen LogP contribution is 2.32. The standard InChI is InChI=1S/C15H14Br2N2O2/c1-2-13(10-3-5-11(16)6-4-10)18-14-8-7-12(17)9-15(14)19(20)21/h3-9,13,18H,2H2,1H3. The zero-order valence-electron chi connectivity index (χ0n) is 11.3. The van der Waals surface area contributed by atoms with Crippen LogP contribution in [-0.2, 0) is 0 Å². The Bertz CT molecular complexity index is 645. The van der Waals surface area contributed by atoms with Crippen LogP contribution in [0.5, 0.6) is 0 Å². The molecule has 1 N–H and O–H groups in total. The van der Waals surface area contributed by atoms with Crippen LogP contribution in [0.25, 0.3) is 0 Å². The van der Waals surface area contributed by atoms with Crippen LogP contribution >= 0.6 is 31.9 Å². The fourth-order valence-corrected chi connectivity index (χ4v) is 2.70. The van der Waals surface area contributed by atoms with Crippen molar-refractivity contribution in [1.29, 1.82) is 0 Å². The number of anilines is 1. The number of rotatable bonds is 5. The van der Waals surface area contributed by atoms with Crippen LogP contribution in [0.3, 0.4) is 0 Å². The Morgan fingerprint density at radius 2 is 1.76 bits per heavy atom. The molecule has 2 aromatic rings. The Balaban J connectivity index is 2.30. The molecule has 2 aromatic carbocycles. The van der Waals surface area contributed by atoms with E-state index in [2.05, 4.69) is 37.2 Å². The van der Waals surface area contributed by atoms with Crippen molar-refractivity contribution in [2.75, 3.05) is 5.32 Å². The van der Waals surface area contributed by atoms with Crippen molar-refractivity contribution in [3.05, 3.63) is 67.1 Å². The molecule has 0 amide bonds. The van der Waals surface area contributed by atoms with Crippen molar-refractivity contribution in [2.24, 2.45) is 0 Å². The van der Waals surface area contributed by atoms with Crippen LogP contribution in [0, 0.1) is 10.1 Å². The average Bonchev–Trinajstić information content (AvgIpc) is 2.47. The minimum absolute atomic E-state index is 0.0259. The maximum atomic E-state index is 11.2. The first-order valence-corrected chi connectivity index (χ1v) is 8.05. The molecule has 0 bridgehead atoms. The van der Waals surface area contributed by atoms with Gasteiger partial charge in [0.05, 0.1) is 11.0 Å². The summed E-state index contributed by atoms with van der Waals surface area (Å²) in [5, 5.41) is 14.4. The van der Waals surface area contributed by atoms with E-state index in [1.54, 1.807) is 12.1 Å². The lowest BCUT2D eigenvalue weighted by Crippen LogP contribution is -2.11. The summed E-state index contributed by atoms with van der Waals surface area (Å²) in [5.74, 6) is 0. The molecule has 0 heterocycles. The number of halogens is 2. The van der Waals surface area contributed by atoms with E-state index < -0.39 is 0 Å². The molecule has 0 aromatic heterocycles. The minimum Gasteiger partial charge on any atom is -0.373 e. The van der Waals surface area contributed by atoms with Gasteiger partial charge in [0.2, 0.25) is 0 Å². The van der Waals surface area contributed by atoms with Gasteiger partial charge in [-0.2, -0.15) is 0 Å². The quantitative estimate of drug-likeness (QED) is 0.506. The topological polar surface area (TPSA) is 55.2 Å². The second-order valence-electron chi connectivity index (χ2n) is 4.58. The molecule has 0 fully saturated rings. The average molecular weight is 414 g/mol. The maximum Gasteiger partial charge on any atom is 0.293 e. The van der Waals surface area contributed by atoms with Gasteiger partial charge in [0.15, 0.2) is 0 Å². The van der Waals surface area contributed by atoms with E-state index in [1.165, 1.54) is 6.07 Å². The lowest BCUT2D eigenvalue weighted by Gasteiger charge is -2.19. The molecule has 1 atom stereocenters. The van der Waals surface area contributed by atoms with Crippen molar-refractivity contribution < 1.29 is 4.92 Å². The highest BCUT2D eigenvalue weighted by Gasteiger charge is 2.17. The zero-order valence-corrected chi connectivity index (χ0v) is 14.5. The van der Waals surface area contributed by atoms with E-state index >= 15 is 0 Å². The molecule has 0 spiro atoms. The number of nitrogens with one attached hydrogen (secondary N) is 1. The summed E-state index contributed by atoms with van der Waals surface area (Å²) in [5.41, 5.74) is 1.69. The molecular formula is C15H14Br2N2O2. The molecular weight excluding hydrogens is 400 g/mol. The summed E-state index contributed by atoms with van der Waals surface area (Å²) >= 11 is 6.67. The Labute approximate surface area is 140 Å². The van der Waals surface area contributed by atoms with Gasteiger partial charge in [-0.3, -0.25) is 10.1 Å². The second kappa shape index (κ2) is 7.04. The summed E-state index contributed by atoms with van der Waals surface area (Å²) in [4.78, 5) is 10.8. The molecule has 0 saturated carbocycles. The van der Waals surface area contributed by atoms with Crippen LogP contribution in [0.2, 0.25) is 0 Å². The zero-order chi connectivity index (χ0) is 15.4. The molecule has 110 valence electrons. The van der Waals surface area contributed by atoms with Crippen LogP contribution in [-0.4, -0.2) is 4.92 Å². The van der Waals surface area contributed by atoms with Crippen molar-refractivity contribution in [2.45, 2.75) is 19.4 Å². The summed E-state index contributed by atoms with van der Waals surface area (Å²) in [7, 11) is 0. The minimum atomic E-state index is -0.374. The first-order chi connectivity index (χ1) is 10.0. The lowest BCUT2D eigenvalue weighted by atomic mass is 10.0. The third-order valence-electron chi connectivity index (χ3n) is 3.17. The predicted molar refractivity (Wildman–Crippen MR) is 91.6 cm³/mol. The number of nitrogens with zero attached hydrogens (tertiary/aromatic N) is 1. The summed E-state index contributed by atoms with van der Waals surface area (Å²) in [6.45, 7) is 2.05. The molecule has 0 aliphatic heterocycles. The van der Waals surface area contributed by atoms with Crippen LogP contribution in [0.1, 0.15) is 24.9 Å². The normalized spacial score (nSPS) is 12.0. The molecule has 0 radical (unpaired) electrons. The van der Waals surface area contributed by atoms with E-state index in [-0.39, 0.29) is 16.7 Å². The fourth-order valence-electron chi connectivity index (χ4n) is 2.08. The van der Waals surface area contributed by atoms with Gasteiger partial charge in [-0.25, -0.2) is 0 Å². The molecule has 21 heavy (non-hydrogen) atoms. The van der Waals surface area contributed by atoms with Crippen LogP contribution in [0.4, 0.5) is 11.4 Å². The molecule has 0 aliphatic carbocycles. The second-order valence-corrected chi connectivity index (χ2v) is 6.41. The van der Waals surface area contributed by atoms with Gasteiger partial charge in [0.1, 0.15) is 5.69 Å². The van der Waals surface area contributed by atoms with Gasteiger partial charge in [0.25, 0.3) is 5.69 Å². The predicted octanol–water partition coefficient (Wildman–Crippen LogP) is 5.68. The smallest absolute Gasteiger partial charge is 0.293 e. The first kappa shape index (κ1) is 16.0. The third kappa shape index (κ3) is 4.04. The van der Waals surface area contributed by atoms with Crippen LogP contribution in [0.15, 0.2) is 51.4 Å². The Morgan fingerprint density at radius 1 is 1.14 bits per heavy atom. The van der Waals surface area contributed by atoms with Crippen molar-refractivity contribution >= 4 is 43.2 Å². The summed E-state index contributed by atoms with van der Waals surface area (Å²) < 4.78 is 1.70. The number of hydrogen-bond acceptors (Lipinski definition) is 3. The lowest BCUT2D eigenvalue weighted by molar-refractivity contribution is -0.384. The summed E-state index contributed by atoms with van der Waals surface area (Å²) in [6, 6.07) is 13.0. The molecule has 2 rings (SSSR count). The first-order valence-electron chi connectivity index (χ1n) is 6.47. The molecule has 0 saturated heterocycles. The molecule has 6 heteroatoms. The van der Waals surface area contributed by atoms with Gasteiger partial charge in [-0.15, -0.1) is 0 Å². The Kier molecular flexibility index (Phi) is 5.36.